The van der Waals surface area contributed by atoms with Crippen molar-refractivity contribution in [2.75, 3.05) is 0 Å². The number of rotatable bonds is 8. The average Bonchev–Trinajstić information content (AvgIpc) is 3.02. The molecule has 0 radical (unpaired) electrons. The minimum absolute atomic E-state index is 0.201. The van der Waals surface area contributed by atoms with Crippen molar-refractivity contribution in [2.24, 2.45) is 10.8 Å². The van der Waals surface area contributed by atoms with E-state index in [1.807, 2.05) is 55.4 Å². The van der Waals surface area contributed by atoms with E-state index >= 15 is 0 Å². The first kappa shape index (κ1) is 33.9. The molecule has 0 spiro atoms. The van der Waals surface area contributed by atoms with Crippen molar-refractivity contribution in [3.63, 3.8) is 0 Å². The molecule has 2 aliphatic heterocycles. The maximum Gasteiger partial charge on any atom is 0.310 e. The van der Waals surface area contributed by atoms with Crippen LogP contribution in [0.15, 0.2) is 0 Å². The van der Waals surface area contributed by atoms with Crippen LogP contribution in [0.25, 0.3) is 0 Å². The molecule has 0 bridgehead atoms. The molecule has 1 fully saturated rings. The second-order valence-corrected chi connectivity index (χ2v) is 15.1. The third-order valence-electron chi connectivity index (χ3n) is 12.5. The first-order valence-corrected chi connectivity index (χ1v) is 16.9. The van der Waals surface area contributed by atoms with Gasteiger partial charge in [-0.05, 0) is 153 Å². The Bertz CT molecular complexity index is 1470. The van der Waals surface area contributed by atoms with E-state index < -0.39 is 34.0 Å². The van der Waals surface area contributed by atoms with Gasteiger partial charge in [-0.3, -0.25) is 9.59 Å². The highest BCUT2D eigenvalue weighted by Crippen LogP contribution is 2.59. The molecule has 0 aromatic heterocycles. The zero-order chi connectivity index (χ0) is 34.0. The summed E-state index contributed by atoms with van der Waals surface area (Å²) in [7, 11) is 0. The predicted octanol–water partition coefficient (Wildman–Crippen LogP) is 8.09. The Morgan fingerprint density at radius 1 is 0.565 bits per heavy atom. The molecule has 2 heterocycles. The number of carbonyl (C=O) groups is 2. The SMILES string of the molecule is Cc1c(C)c2c(c(C)c1O)CCC(C)(CCC1(C(=O)O)CCCCC1(CCC1(C)CCc3c(C)c(O)c(C)c(C)c3O1)C(=O)O)O2. The van der Waals surface area contributed by atoms with Crippen molar-refractivity contribution in [1.29, 1.82) is 0 Å². The van der Waals surface area contributed by atoms with Crippen LogP contribution in [-0.4, -0.2) is 43.6 Å². The van der Waals surface area contributed by atoms with E-state index in [-0.39, 0.29) is 12.8 Å². The zero-order valence-corrected chi connectivity index (χ0v) is 28.9. The smallest absolute Gasteiger partial charge is 0.310 e. The van der Waals surface area contributed by atoms with Crippen LogP contribution in [0.5, 0.6) is 23.0 Å². The van der Waals surface area contributed by atoms with Crippen molar-refractivity contribution in [3.8, 4) is 23.0 Å². The molecule has 4 atom stereocenters. The number of ether oxygens (including phenoxy) is 2. The highest BCUT2D eigenvalue weighted by atomic mass is 16.5. The van der Waals surface area contributed by atoms with Crippen LogP contribution in [-0.2, 0) is 22.4 Å². The fraction of sp³-hybridized carbons (Fsp3) is 0.632. The third kappa shape index (κ3) is 5.20. The second kappa shape index (κ2) is 11.7. The second-order valence-electron chi connectivity index (χ2n) is 15.1. The third-order valence-corrected chi connectivity index (χ3v) is 12.5. The van der Waals surface area contributed by atoms with Crippen molar-refractivity contribution >= 4 is 11.9 Å². The Morgan fingerprint density at radius 2 is 0.913 bits per heavy atom. The molecule has 46 heavy (non-hydrogen) atoms. The Balaban J connectivity index is 1.43. The van der Waals surface area contributed by atoms with Gasteiger partial charge in [0.05, 0.1) is 10.8 Å². The van der Waals surface area contributed by atoms with Gasteiger partial charge in [0, 0.05) is 11.1 Å². The van der Waals surface area contributed by atoms with Gasteiger partial charge in [-0.25, -0.2) is 0 Å². The number of phenolic OH excluding ortho intramolecular Hbond substituents is 2. The summed E-state index contributed by atoms with van der Waals surface area (Å²) in [5.41, 5.74) is 2.70. The minimum atomic E-state index is -1.45. The van der Waals surface area contributed by atoms with E-state index in [2.05, 4.69) is 0 Å². The van der Waals surface area contributed by atoms with Crippen LogP contribution in [0.3, 0.4) is 0 Å². The van der Waals surface area contributed by atoms with E-state index in [0.29, 0.717) is 75.7 Å². The van der Waals surface area contributed by atoms with Gasteiger partial charge in [0.1, 0.15) is 34.2 Å². The average molecular weight is 637 g/mol. The summed E-state index contributed by atoms with van der Waals surface area (Å²) in [5.74, 6) is 0.0187. The van der Waals surface area contributed by atoms with Gasteiger partial charge in [0.25, 0.3) is 0 Å². The van der Waals surface area contributed by atoms with Crippen LogP contribution in [0.1, 0.15) is 123 Å². The van der Waals surface area contributed by atoms with Gasteiger partial charge >= 0.3 is 11.9 Å². The number of aromatic hydroxyl groups is 2. The van der Waals surface area contributed by atoms with E-state index in [9.17, 15) is 30.0 Å². The summed E-state index contributed by atoms with van der Waals surface area (Å²) in [6.45, 7) is 15.4. The molecule has 1 aliphatic carbocycles. The number of hydrogen-bond acceptors (Lipinski definition) is 6. The van der Waals surface area contributed by atoms with Crippen LogP contribution >= 0.6 is 0 Å². The zero-order valence-electron chi connectivity index (χ0n) is 28.9. The van der Waals surface area contributed by atoms with Crippen molar-refractivity contribution in [3.05, 3.63) is 44.5 Å². The lowest BCUT2D eigenvalue weighted by Gasteiger charge is -2.51. The summed E-state index contributed by atoms with van der Waals surface area (Å²) in [4.78, 5) is 26.8. The van der Waals surface area contributed by atoms with Crippen LogP contribution in [0.2, 0.25) is 0 Å². The van der Waals surface area contributed by atoms with Crippen LogP contribution in [0, 0.1) is 52.4 Å². The molecule has 1 saturated carbocycles. The highest BCUT2D eigenvalue weighted by molar-refractivity contribution is 5.87. The van der Waals surface area contributed by atoms with Gasteiger partial charge in [0.2, 0.25) is 0 Å². The van der Waals surface area contributed by atoms with Gasteiger partial charge in [-0.15, -0.1) is 0 Å². The van der Waals surface area contributed by atoms with E-state index in [1.165, 1.54) is 0 Å². The van der Waals surface area contributed by atoms with Crippen molar-refractivity contribution in [2.45, 2.75) is 144 Å². The molecule has 3 aliphatic rings. The minimum Gasteiger partial charge on any atom is -0.507 e. The molecule has 0 saturated heterocycles. The quantitative estimate of drug-likeness (QED) is 0.228. The standard InChI is InChI=1S/C38H52O8/c1-21-23(3)31-27(25(5)29(21)39)11-15-35(7,45-31)17-19-37(33(41)42)13-9-10-14-38(37,34(43)44)20-18-36(8)16-12-28-26(6)30(40)22(2)24(4)32(28)46-36/h39-40H,9-20H2,1-8H3,(H,41,42)(H,43,44). The predicted molar refractivity (Wildman–Crippen MR) is 176 cm³/mol. The molecule has 4 unspecified atom stereocenters. The molecule has 5 rings (SSSR count). The summed E-state index contributed by atoms with van der Waals surface area (Å²) in [6.07, 6.45) is 5.88. The normalized spacial score (nSPS) is 28.9. The molecule has 8 heteroatoms. The lowest BCUT2D eigenvalue weighted by atomic mass is 9.51. The van der Waals surface area contributed by atoms with Gasteiger partial charge < -0.3 is 29.9 Å². The van der Waals surface area contributed by atoms with Crippen LogP contribution < -0.4 is 9.47 Å². The molecule has 0 amide bonds. The summed E-state index contributed by atoms with van der Waals surface area (Å²) < 4.78 is 13.3. The van der Waals surface area contributed by atoms with E-state index in [1.54, 1.807) is 0 Å². The Kier molecular flexibility index (Phi) is 8.61. The largest absolute Gasteiger partial charge is 0.507 e. The van der Waals surface area contributed by atoms with E-state index in [0.717, 1.165) is 56.0 Å². The number of phenols is 2. The molecular weight excluding hydrogens is 584 g/mol. The number of hydrogen-bond donors (Lipinski definition) is 4. The fourth-order valence-corrected chi connectivity index (χ4v) is 8.79. The molecule has 2 aromatic carbocycles. The van der Waals surface area contributed by atoms with E-state index in [4.69, 9.17) is 9.47 Å². The topological polar surface area (TPSA) is 134 Å². The monoisotopic (exact) mass is 636 g/mol. The molecular formula is C38H52O8. The highest BCUT2D eigenvalue weighted by Gasteiger charge is 2.62. The first-order chi connectivity index (χ1) is 21.4. The summed E-state index contributed by atoms with van der Waals surface area (Å²) in [6, 6.07) is 0. The Hall–Kier alpha value is -3.42. The fourth-order valence-electron chi connectivity index (χ4n) is 8.79. The summed E-state index contributed by atoms with van der Waals surface area (Å²) in [5, 5.41) is 43.2. The van der Waals surface area contributed by atoms with Crippen molar-refractivity contribution < 1.29 is 39.5 Å². The van der Waals surface area contributed by atoms with Crippen LogP contribution in [0.4, 0.5) is 0 Å². The maximum absolute atomic E-state index is 13.4. The number of benzene rings is 2. The molecule has 8 nitrogen and oxygen atoms in total. The lowest BCUT2D eigenvalue weighted by molar-refractivity contribution is -0.184. The maximum atomic E-state index is 13.4. The van der Waals surface area contributed by atoms with Gasteiger partial charge in [-0.2, -0.15) is 0 Å². The lowest BCUT2D eigenvalue weighted by Crippen LogP contribution is -2.56. The number of aliphatic carboxylic acids is 2. The summed E-state index contributed by atoms with van der Waals surface area (Å²) >= 11 is 0. The Morgan fingerprint density at radius 3 is 1.24 bits per heavy atom. The Labute approximate surface area is 273 Å². The van der Waals surface area contributed by atoms with Crippen molar-refractivity contribution in [1.82, 2.24) is 0 Å². The molecule has 252 valence electrons. The van der Waals surface area contributed by atoms with Gasteiger partial charge in [-0.1, -0.05) is 12.8 Å². The van der Waals surface area contributed by atoms with Gasteiger partial charge in [0.15, 0.2) is 0 Å². The number of carboxylic acids is 2. The number of fused-ring (bicyclic) bond motifs is 2. The molecule has 4 N–H and O–H groups in total. The first-order valence-electron chi connectivity index (χ1n) is 16.9. The molecule has 2 aromatic rings. The number of carboxylic acid groups (broad SMARTS) is 2.